The topological polar surface area (TPSA) is 66.2 Å². The van der Waals surface area contributed by atoms with E-state index in [1.165, 1.54) is 16.7 Å². The molecule has 1 heterocycles. The Kier molecular flexibility index (Phi) is 6.63. The zero-order valence-electron chi connectivity index (χ0n) is 26.5. The molecule has 0 unspecified atom stereocenters. The SMILES string of the molecule is N=C(/C=C\C(=N)c1cccc2ccccc12)c1cccc2c1Oc1cc3c(cc1O2)C(c1ccccc1)(c1ccccc1)c1ccccc1-3. The van der Waals surface area contributed by atoms with Crippen molar-refractivity contribution in [3.8, 4) is 34.1 Å². The maximum absolute atomic E-state index is 9.02. The third kappa shape index (κ3) is 4.45. The van der Waals surface area contributed by atoms with Crippen molar-refractivity contribution in [2.24, 2.45) is 0 Å². The van der Waals surface area contributed by atoms with Crippen molar-refractivity contribution in [1.82, 2.24) is 0 Å². The van der Waals surface area contributed by atoms with Gasteiger partial charge in [0.1, 0.15) is 0 Å². The zero-order valence-corrected chi connectivity index (χ0v) is 26.5. The van der Waals surface area contributed by atoms with Crippen LogP contribution in [0.1, 0.15) is 33.4 Å². The first-order valence-electron chi connectivity index (χ1n) is 16.3. The maximum Gasteiger partial charge on any atom is 0.179 e. The van der Waals surface area contributed by atoms with Gasteiger partial charge in [0.15, 0.2) is 23.0 Å². The van der Waals surface area contributed by atoms with Gasteiger partial charge in [0.05, 0.1) is 16.8 Å². The van der Waals surface area contributed by atoms with Crippen molar-refractivity contribution in [3.05, 3.63) is 203 Å². The van der Waals surface area contributed by atoms with Crippen molar-refractivity contribution < 1.29 is 9.47 Å². The Labute approximate surface area is 284 Å². The lowest BCUT2D eigenvalue weighted by molar-refractivity contribution is 0.358. The average molecular weight is 631 g/mol. The smallest absolute Gasteiger partial charge is 0.179 e. The van der Waals surface area contributed by atoms with Crippen molar-refractivity contribution in [1.29, 1.82) is 10.8 Å². The summed E-state index contributed by atoms with van der Waals surface area (Å²) in [6.45, 7) is 0. The van der Waals surface area contributed by atoms with E-state index >= 15 is 0 Å². The van der Waals surface area contributed by atoms with E-state index in [2.05, 4.69) is 97.1 Å². The Bertz CT molecular complexity index is 2440. The van der Waals surface area contributed by atoms with Gasteiger partial charge in [-0.3, -0.25) is 0 Å². The second kappa shape index (κ2) is 11.3. The molecule has 1 aliphatic heterocycles. The molecule has 0 atom stereocenters. The summed E-state index contributed by atoms with van der Waals surface area (Å²) in [6.07, 6.45) is 3.34. The summed E-state index contributed by atoms with van der Waals surface area (Å²) in [5.74, 6) is 2.27. The molecule has 4 nitrogen and oxygen atoms in total. The van der Waals surface area contributed by atoms with E-state index in [0.717, 1.165) is 33.0 Å². The van der Waals surface area contributed by atoms with E-state index in [9.17, 15) is 0 Å². The van der Waals surface area contributed by atoms with Crippen LogP contribution in [0.2, 0.25) is 0 Å². The fourth-order valence-corrected chi connectivity index (χ4v) is 7.56. The number of allylic oxidation sites excluding steroid dienone is 2. The second-order valence-corrected chi connectivity index (χ2v) is 12.4. The van der Waals surface area contributed by atoms with Crippen LogP contribution in [0.4, 0.5) is 0 Å². The fraction of sp³-hybridized carbons (Fsp3) is 0.0222. The van der Waals surface area contributed by atoms with Crippen LogP contribution in [0, 0.1) is 10.8 Å². The monoisotopic (exact) mass is 630 g/mol. The van der Waals surface area contributed by atoms with Gasteiger partial charge >= 0.3 is 0 Å². The summed E-state index contributed by atoms with van der Waals surface area (Å²) in [6, 6.07) is 53.8. The lowest BCUT2D eigenvalue weighted by Crippen LogP contribution is -2.28. The quantitative estimate of drug-likeness (QED) is 0.180. The van der Waals surface area contributed by atoms with Gasteiger partial charge in [0, 0.05) is 11.1 Å². The standard InChI is InChI=1S/C45H30N2O2/c46-39(34-21-11-14-29-13-7-8-19-32(29)34)25-26-40(47)35-22-12-24-41-44(35)49-42-27-36-33-20-9-10-23-37(33)45(30-15-3-1-4-16-30,31-17-5-2-6-18-31)38(36)28-43(42)48-41/h1-28,46-47H/b26-25-,46-39?,47-40?. The number of hydrogen-bond donors (Lipinski definition) is 2. The van der Waals surface area contributed by atoms with Crippen LogP contribution in [0.15, 0.2) is 170 Å². The lowest BCUT2D eigenvalue weighted by Gasteiger charge is -2.34. The molecule has 232 valence electrons. The first kappa shape index (κ1) is 28.7. The highest BCUT2D eigenvalue weighted by Crippen LogP contribution is 2.59. The third-order valence-electron chi connectivity index (χ3n) is 9.72. The summed E-state index contributed by atoms with van der Waals surface area (Å²) in [4.78, 5) is 0. The van der Waals surface area contributed by atoms with E-state index in [4.69, 9.17) is 20.3 Å². The van der Waals surface area contributed by atoms with Crippen LogP contribution in [0.25, 0.3) is 21.9 Å². The van der Waals surface area contributed by atoms with E-state index in [1.54, 1.807) is 12.2 Å². The molecule has 0 spiro atoms. The van der Waals surface area contributed by atoms with E-state index < -0.39 is 5.41 Å². The minimum atomic E-state index is -0.545. The minimum absolute atomic E-state index is 0.229. The Hall–Kier alpha value is -6.52. The van der Waals surface area contributed by atoms with Crippen LogP contribution in [0.5, 0.6) is 23.0 Å². The molecule has 0 amide bonds. The number of rotatable bonds is 6. The van der Waals surface area contributed by atoms with Gasteiger partial charge in [-0.05, 0) is 80.6 Å². The molecule has 7 aromatic carbocycles. The number of para-hydroxylation sites is 1. The molecule has 1 aliphatic carbocycles. The highest BCUT2D eigenvalue weighted by Gasteiger charge is 2.47. The number of benzene rings is 7. The Morgan fingerprint density at radius 2 is 1.06 bits per heavy atom. The molecule has 0 radical (unpaired) electrons. The number of hydrogen-bond acceptors (Lipinski definition) is 4. The van der Waals surface area contributed by atoms with Crippen LogP contribution in [0.3, 0.4) is 0 Å². The van der Waals surface area contributed by atoms with Gasteiger partial charge in [-0.2, -0.15) is 0 Å². The summed E-state index contributed by atoms with van der Waals surface area (Å²) < 4.78 is 13.3. The minimum Gasteiger partial charge on any atom is -0.449 e. The van der Waals surface area contributed by atoms with Crippen molar-refractivity contribution >= 4 is 22.2 Å². The molecule has 9 rings (SSSR count). The molecular weight excluding hydrogens is 601 g/mol. The molecule has 0 bridgehead atoms. The molecule has 7 aromatic rings. The van der Waals surface area contributed by atoms with Crippen LogP contribution in [-0.4, -0.2) is 11.4 Å². The molecular formula is C45H30N2O2. The average Bonchev–Trinajstić information content (AvgIpc) is 3.45. The molecule has 0 saturated carbocycles. The largest absolute Gasteiger partial charge is 0.449 e. The molecule has 0 aromatic heterocycles. The fourth-order valence-electron chi connectivity index (χ4n) is 7.56. The van der Waals surface area contributed by atoms with Gasteiger partial charge in [0.2, 0.25) is 0 Å². The number of nitrogens with one attached hydrogen (secondary N) is 2. The Morgan fingerprint density at radius 3 is 1.84 bits per heavy atom. The van der Waals surface area contributed by atoms with Gasteiger partial charge < -0.3 is 20.3 Å². The molecule has 0 fully saturated rings. The summed E-state index contributed by atoms with van der Waals surface area (Å²) in [7, 11) is 0. The first-order valence-corrected chi connectivity index (χ1v) is 16.3. The predicted octanol–water partition coefficient (Wildman–Crippen LogP) is 11.1. The maximum atomic E-state index is 9.02. The molecule has 4 heteroatoms. The molecule has 2 aliphatic rings. The van der Waals surface area contributed by atoms with Crippen molar-refractivity contribution in [2.45, 2.75) is 5.41 Å². The highest BCUT2D eigenvalue weighted by atomic mass is 16.6. The van der Waals surface area contributed by atoms with E-state index in [1.807, 2.05) is 60.7 Å². The van der Waals surface area contributed by atoms with E-state index in [-0.39, 0.29) is 5.71 Å². The van der Waals surface area contributed by atoms with Crippen molar-refractivity contribution in [3.63, 3.8) is 0 Å². The highest BCUT2D eigenvalue weighted by molar-refractivity contribution is 6.18. The lowest BCUT2D eigenvalue weighted by atomic mass is 9.67. The normalized spacial score (nSPS) is 13.5. The van der Waals surface area contributed by atoms with Crippen molar-refractivity contribution in [2.75, 3.05) is 0 Å². The molecule has 0 saturated heterocycles. The van der Waals surface area contributed by atoms with Gasteiger partial charge in [0.25, 0.3) is 0 Å². The van der Waals surface area contributed by atoms with E-state index in [0.29, 0.717) is 34.3 Å². The third-order valence-corrected chi connectivity index (χ3v) is 9.72. The molecule has 49 heavy (non-hydrogen) atoms. The van der Waals surface area contributed by atoms with Crippen LogP contribution < -0.4 is 9.47 Å². The second-order valence-electron chi connectivity index (χ2n) is 12.4. The Morgan fingerprint density at radius 1 is 0.469 bits per heavy atom. The van der Waals surface area contributed by atoms with Gasteiger partial charge in [-0.1, -0.05) is 133 Å². The van der Waals surface area contributed by atoms with Crippen LogP contribution in [-0.2, 0) is 5.41 Å². The Balaban J connectivity index is 1.12. The number of ether oxygens (including phenoxy) is 2. The van der Waals surface area contributed by atoms with Crippen LogP contribution >= 0.6 is 0 Å². The zero-order chi connectivity index (χ0) is 33.0. The molecule has 2 N–H and O–H groups in total. The summed E-state index contributed by atoms with van der Waals surface area (Å²) in [5.41, 5.74) is 8.38. The van der Waals surface area contributed by atoms with Gasteiger partial charge in [-0.25, -0.2) is 0 Å². The summed E-state index contributed by atoms with van der Waals surface area (Å²) >= 11 is 0. The number of fused-ring (bicyclic) bond motifs is 6. The predicted molar refractivity (Wildman–Crippen MR) is 197 cm³/mol. The van der Waals surface area contributed by atoms with Gasteiger partial charge in [-0.15, -0.1) is 0 Å². The summed E-state index contributed by atoms with van der Waals surface area (Å²) in [5, 5.41) is 19.9. The first-order chi connectivity index (χ1) is 24.1.